The second-order valence-electron chi connectivity index (χ2n) is 2.83. The zero-order chi connectivity index (χ0) is 11.1. The van der Waals surface area contributed by atoms with E-state index in [-0.39, 0.29) is 0 Å². The lowest BCUT2D eigenvalue weighted by molar-refractivity contribution is 0.341. The van der Waals surface area contributed by atoms with Gasteiger partial charge in [0.25, 0.3) is 0 Å². The highest BCUT2D eigenvalue weighted by Gasteiger charge is 2.00. The molecule has 0 saturated heterocycles. The third-order valence-corrected chi connectivity index (χ3v) is 1.69. The van der Waals surface area contributed by atoms with E-state index >= 15 is 0 Å². The number of hydrogen-bond acceptors (Lipinski definition) is 3. The summed E-state index contributed by atoms with van der Waals surface area (Å²) >= 11 is 0. The van der Waals surface area contributed by atoms with Crippen LogP contribution in [0.2, 0.25) is 0 Å². The number of nitriles is 1. The second-order valence-corrected chi connectivity index (χ2v) is 2.83. The van der Waals surface area contributed by atoms with Gasteiger partial charge in [0.05, 0.1) is 6.61 Å². The fraction of sp³-hybridized carbons (Fsp3) is 0.273. The highest BCUT2D eigenvalue weighted by atomic mass is 16.5. The van der Waals surface area contributed by atoms with Crippen molar-refractivity contribution in [3.8, 4) is 11.9 Å². The van der Waals surface area contributed by atoms with E-state index in [0.717, 1.165) is 11.4 Å². The van der Waals surface area contributed by atoms with Gasteiger partial charge in [0.15, 0.2) is 6.19 Å². The fourth-order valence-corrected chi connectivity index (χ4v) is 1.12. The van der Waals surface area contributed by atoms with Gasteiger partial charge in [-0.25, -0.2) is 4.99 Å². The zero-order valence-electron chi connectivity index (χ0n) is 8.82. The monoisotopic (exact) mass is 203 g/mol. The Bertz CT molecular complexity index is 393. The average molecular weight is 203 g/mol. The molecule has 78 valence electrons. The maximum atomic E-state index is 8.41. The minimum atomic E-state index is 0.546. The lowest BCUT2D eigenvalue weighted by Crippen LogP contribution is -2.12. The minimum absolute atomic E-state index is 0.546. The van der Waals surface area contributed by atoms with Gasteiger partial charge in [-0.3, -0.25) is 5.32 Å². The van der Waals surface area contributed by atoms with Crippen LogP contribution in [0.5, 0.6) is 5.75 Å². The maximum Gasteiger partial charge on any atom is 0.182 e. The molecule has 0 heterocycles. The molecule has 0 fully saturated rings. The van der Waals surface area contributed by atoms with Crippen LogP contribution in [0.3, 0.4) is 0 Å². The summed E-state index contributed by atoms with van der Waals surface area (Å²) in [5.74, 6) is 1.27. The summed E-state index contributed by atoms with van der Waals surface area (Å²) in [6.07, 6.45) is 1.82. The first-order chi connectivity index (χ1) is 7.27. The number of para-hydroxylation sites is 2. The van der Waals surface area contributed by atoms with Gasteiger partial charge >= 0.3 is 0 Å². The lowest BCUT2D eigenvalue weighted by atomic mass is 10.3. The molecule has 0 spiro atoms. The number of nitrogens with zero attached hydrogens (tertiary/aromatic N) is 2. The molecule has 0 radical (unpaired) electrons. The van der Waals surface area contributed by atoms with Crippen molar-refractivity contribution in [3.05, 3.63) is 24.3 Å². The first-order valence-electron chi connectivity index (χ1n) is 4.70. The third kappa shape index (κ3) is 3.31. The van der Waals surface area contributed by atoms with Gasteiger partial charge in [-0.2, -0.15) is 5.26 Å². The normalized spacial score (nSPS) is 10.6. The van der Waals surface area contributed by atoms with Crippen molar-refractivity contribution in [2.24, 2.45) is 4.99 Å². The Labute approximate surface area is 89.2 Å². The molecule has 0 aliphatic heterocycles. The summed E-state index contributed by atoms with van der Waals surface area (Å²) in [5.41, 5.74) is 0.722. The van der Waals surface area contributed by atoms with E-state index < -0.39 is 0 Å². The molecule has 15 heavy (non-hydrogen) atoms. The Hall–Kier alpha value is -2.02. The maximum absolute atomic E-state index is 8.41. The molecule has 0 aliphatic carbocycles. The molecule has 1 aromatic rings. The van der Waals surface area contributed by atoms with E-state index in [1.165, 1.54) is 0 Å². The number of rotatable bonds is 3. The Morgan fingerprint density at radius 2 is 2.27 bits per heavy atom. The van der Waals surface area contributed by atoms with Crippen LogP contribution in [0.1, 0.15) is 13.8 Å². The van der Waals surface area contributed by atoms with Crippen molar-refractivity contribution >= 4 is 11.5 Å². The van der Waals surface area contributed by atoms with Gasteiger partial charge in [0, 0.05) is 0 Å². The van der Waals surface area contributed by atoms with Crippen molar-refractivity contribution in [1.29, 1.82) is 5.26 Å². The lowest BCUT2D eigenvalue weighted by Gasteiger charge is -2.06. The van der Waals surface area contributed by atoms with Gasteiger partial charge in [0.2, 0.25) is 0 Å². The Morgan fingerprint density at radius 3 is 2.93 bits per heavy atom. The van der Waals surface area contributed by atoms with Crippen LogP contribution in [0.4, 0.5) is 5.69 Å². The summed E-state index contributed by atoms with van der Waals surface area (Å²) in [4.78, 5) is 4.23. The number of hydrogen-bond donors (Lipinski definition) is 1. The summed E-state index contributed by atoms with van der Waals surface area (Å²) in [7, 11) is 0. The standard InChI is InChI=1S/C11H13N3O/c1-3-15-11-7-5-4-6-10(11)14-9(2)13-8-12/h4-7H,3H2,1-2H3,(H,13,14). The van der Waals surface area contributed by atoms with Crippen LogP contribution in [-0.2, 0) is 0 Å². The van der Waals surface area contributed by atoms with Gasteiger partial charge in [-0.05, 0) is 26.0 Å². The van der Waals surface area contributed by atoms with Gasteiger partial charge in [-0.1, -0.05) is 12.1 Å². The van der Waals surface area contributed by atoms with E-state index in [9.17, 15) is 0 Å². The molecule has 0 bridgehead atoms. The Morgan fingerprint density at radius 1 is 1.53 bits per heavy atom. The number of benzene rings is 1. The zero-order valence-corrected chi connectivity index (χ0v) is 8.82. The van der Waals surface area contributed by atoms with Crippen molar-refractivity contribution in [3.63, 3.8) is 0 Å². The topological polar surface area (TPSA) is 57.4 Å². The summed E-state index contributed by atoms with van der Waals surface area (Å²) in [6.45, 7) is 4.24. The number of aliphatic imine (C=N–C) groups is 1. The molecule has 4 heteroatoms. The van der Waals surface area contributed by atoms with E-state index in [1.807, 2.05) is 37.4 Å². The van der Waals surface area contributed by atoms with E-state index in [1.54, 1.807) is 6.92 Å². The SMILES string of the molecule is CCOc1ccccc1N=C(C)NC#N. The summed E-state index contributed by atoms with van der Waals surface area (Å²) < 4.78 is 5.40. The van der Waals surface area contributed by atoms with E-state index in [2.05, 4.69) is 10.3 Å². The van der Waals surface area contributed by atoms with Crippen LogP contribution in [0.25, 0.3) is 0 Å². The largest absolute Gasteiger partial charge is 0.492 e. The highest BCUT2D eigenvalue weighted by molar-refractivity contribution is 5.84. The molecule has 0 atom stereocenters. The number of nitrogens with one attached hydrogen (secondary N) is 1. The van der Waals surface area contributed by atoms with Crippen molar-refractivity contribution in [2.75, 3.05) is 6.61 Å². The highest BCUT2D eigenvalue weighted by Crippen LogP contribution is 2.26. The number of amidine groups is 1. The van der Waals surface area contributed by atoms with Crippen LogP contribution in [0.15, 0.2) is 29.3 Å². The quantitative estimate of drug-likeness (QED) is 0.354. The molecule has 1 rings (SSSR count). The first-order valence-corrected chi connectivity index (χ1v) is 4.70. The van der Waals surface area contributed by atoms with Crippen molar-refractivity contribution in [2.45, 2.75) is 13.8 Å². The molecule has 4 nitrogen and oxygen atoms in total. The van der Waals surface area contributed by atoms with Crippen LogP contribution in [0, 0.1) is 11.5 Å². The third-order valence-electron chi connectivity index (χ3n) is 1.69. The molecule has 0 unspecified atom stereocenters. The van der Waals surface area contributed by atoms with Crippen LogP contribution >= 0.6 is 0 Å². The molecule has 0 saturated carbocycles. The van der Waals surface area contributed by atoms with Gasteiger partial charge < -0.3 is 4.74 Å². The first kappa shape index (κ1) is 11.1. The molecule has 1 N–H and O–H groups in total. The molecule has 1 aromatic carbocycles. The predicted molar refractivity (Wildman–Crippen MR) is 59.1 cm³/mol. The average Bonchev–Trinajstić information content (AvgIpc) is 2.21. The van der Waals surface area contributed by atoms with Gasteiger partial charge in [-0.15, -0.1) is 0 Å². The van der Waals surface area contributed by atoms with Gasteiger partial charge in [0.1, 0.15) is 17.3 Å². The molecule has 0 aromatic heterocycles. The minimum Gasteiger partial charge on any atom is -0.492 e. The molecule has 0 aliphatic rings. The second kappa shape index (κ2) is 5.66. The Balaban J connectivity index is 2.93. The summed E-state index contributed by atoms with van der Waals surface area (Å²) in [6, 6.07) is 7.45. The molecule has 0 amide bonds. The van der Waals surface area contributed by atoms with Crippen molar-refractivity contribution in [1.82, 2.24) is 5.32 Å². The predicted octanol–water partition coefficient (Wildman–Crippen LogP) is 2.21. The summed E-state index contributed by atoms with van der Waals surface area (Å²) in [5, 5.41) is 10.9. The smallest absolute Gasteiger partial charge is 0.182 e. The molecular formula is C11H13N3O. The van der Waals surface area contributed by atoms with Crippen LogP contribution < -0.4 is 10.1 Å². The van der Waals surface area contributed by atoms with Crippen molar-refractivity contribution < 1.29 is 4.74 Å². The van der Waals surface area contributed by atoms with E-state index in [4.69, 9.17) is 10.00 Å². The van der Waals surface area contributed by atoms with Crippen LogP contribution in [-0.4, -0.2) is 12.4 Å². The fourth-order valence-electron chi connectivity index (χ4n) is 1.12. The number of ether oxygens (including phenoxy) is 1. The Kier molecular flexibility index (Phi) is 4.17. The van der Waals surface area contributed by atoms with E-state index in [0.29, 0.717) is 12.4 Å². The molecular weight excluding hydrogens is 190 g/mol.